The van der Waals surface area contributed by atoms with Crippen LogP contribution >= 0.6 is 11.6 Å². The van der Waals surface area contributed by atoms with Gasteiger partial charge in [0, 0.05) is 5.88 Å². The molecule has 0 aliphatic heterocycles. The Bertz CT molecular complexity index is 549. The number of para-hydroxylation sites is 1. The molecule has 0 amide bonds. The molecule has 0 atom stereocenters. The fraction of sp³-hybridized carbons (Fsp3) is 0.143. The highest BCUT2D eigenvalue weighted by Gasteiger charge is 2.34. The van der Waals surface area contributed by atoms with Crippen LogP contribution in [0, 0.1) is 0 Å². The fourth-order valence-electron chi connectivity index (χ4n) is 1.56. The van der Waals surface area contributed by atoms with Gasteiger partial charge in [-0.1, -0.05) is 24.3 Å². The topological polar surface area (TPSA) is 9.23 Å². The van der Waals surface area contributed by atoms with E-state index in [2.05, 4.69) is 0 Å². The second-order valence-corrected chi connectivity index (χ2v) is 4.14. The third-order valence-corrected chi connectivity index (χ3v) is 2.81. The molecule has 0 N–H and O–H groups in total. The lowest BCUT2D eigenvalue weighted by atomic mass is 10.2. The van der Waals surface area contributed by atoms with Crippen LogP contribution in [0.5, 0.6) is 11.5 Å². The fourth-order valence-corrected chi connectivity index (χ4v) is 1.74. The standard InChI is InChI=1S/C14H10ClF3O/c15-9-10-5-7-11(8-6-10)19-13-4-2-1-3-12(13)14(16,17)18/h1-8H,9H2. The minimum atomic E-state index is -4.44. The normalized spacial score (nSPS) is 11.4. The smallest absolute Gasteiger partial charge is 0.419 e. The van der Waals surface area contributed by atoms with Crippen molar-refractivity contribution in [2.75, 3.05) is 0 Å². The maximum atomic E-state index is 12.8. The summed E-state index contributed by atoms with van der Waals surface area (Å²) < 4.78 is 43.6. The first kappa shape index (κ1) is 13.7. The summed E-state index contributed by atoms with van der Waals surface area (Å²) in [6.45, 7) is 0. The summed E-state index contributed by atoms with van der Waals surface area (Å²) in [5, 5.41) is 0. The second-order valence-electron chi connectivity index (χ2n) is 3.87. The summed E-state index contributed by atoms with van der Waals surface area (Å²) in [5.41, 5.74) is 0.0783. The van der Waals surface area contributed by atoms with E-state index in [4.69, 9.17) is 16.3 Å². The lowest BCUT2D eigenvalue weighted by Gasteiger charge is -2.13. The van der Waals surface area contributed by atoms with E-state index in [1.807, 2.05) is 0 Å². The molecule has 0 aliphatic carbocycles. The lowest BCUT2D eigenvalue weighted by Crippen LogP contribution is -2.06. The number of rotatable bonds is 3. The Kier molecular flexibility index (Phi) is 4.00. The Balaban J connectivity index is 2.28. The summed E-state index contributed by atoms with van der Waals surface area (Å²) in [5.74, 6) is 0.471. The Morgan fingerprint density at radius 1 is 0.947 bits per heavy atom. The van der Waals surface area contributed by atoms with Crippen molar-refractivity contribution in [3.05, 3.63) is 59.7 Å². The zero-order valence-corrected chi connectivity index (χ0v) is 10.5. The molecule has 100 valence electrons. The van der Waals surface area contributed by atoms with Crippen LogP contribution in [-0.4, -0.2) is 0 Å². The van der Waals surface area contributed by atoms with Gasteiger partial charge in [-0.2, -0.15) is 13.2 Å². The third kappa shape index (κ3) is 3.41. The van der Waals surface area contributed by atoms with E-state index in [0.29, 0.717) is 11.6 Å². The summed E-state index contributed by atoms with van der Waals surface area (Å²) >= 11 is 5.63. The zero-order chi connectivity index (χ0) is 13.9. The van der Waals surface area contributed by atoms with Crippen molar-refractivity contribution < 1.29 is 17.9 Å². The van der Waals surface area contributed by atoms with E-state index in [-0.39, 0.29) is 5.75 Å². The van der Waals surface area contributed by atoms with Crippen LogP contribution in [0.2, 0.25) is 0 Å². The first-order valence-electron chi connectivity index (χ1n) is 5.49. The van der Waals surface area contributed by atoms with Crippen molar-refractivity contribution in [3.63, 3.8) is 0 Å². The van der Waals surface area contributed by atoms with Crippen molar-refractivity contribution in [2.24, 2.45) is 0 Å². The van der Waals surface area contributed by atoms with Gasteiger partial charge in [0.15, 0.2) is 0 Å². The first-order valence-corrected chi connectivity index (χ1v) is 6.03. The lowest BCUT2D eigenvalue weighted by molar-refractivity contribution is -0.138. The maximum Gasteiger partial charge on any atom is 0.419 e. The number of halogens is 4. The van der Waals surface area contributed by atoms with Gasteiger partial charge in [0.05, 0.1) is 5.56 Å². The van der Waals surface area contributed by atoms with Crippen LogP contribution in [-0.2, 0) is 12.1 Å². The van der Waals surface area contributed by atoms with Crippen molar-refractivity contribution in [3.8, 4) is 11.5 Å². The van der Waals surface area contributed by atoms with Gasteiger partial charge in [-0.15, -0.1) is 11.6 Å². The Hall–Kier alpha value is -1.68. The molecular weight excluding hydrogens is 277 g/mol. The monoisotopic (exact) mass is 286 g/mol. The molecule has 0 aromatic heterocycles. The molecule has 0 aliphatic rings. The predicted octanol–water partition coefficient (Wildman–Crippen LogP) is 5.24. The van der Waals surface area contributed by atoms with Crippen LogP contribution in [0.4, 0.5) is 13.2 Å². The van der Waals surface area contributed by atoms with Gasteiger partial charge < -0.3 is 4.74 Å². The Morgan fingerprint density at radius 2 is 1.58 bits per heavy atom. The van der Waals surface area contributed by atoms with E-state index < -0.39 is 11.7 Å². The van der Waals surface area contributed by atoms with Crippen molar-refractivity contribution in [2.45, 2.75) is 12.1 Å². The Labute approximate surface area is 113 Å². The molecule has 5 heteroatoms. The van der Waals surface area contributed by atoms with Gasteiger partial charge in [0.2, 0.25) is 0 Å². The van der Waals surface area contributed by atoms with Gasteiger partial charge in [0.25, 0.3) is 0 Å². The number of alkyl halides is 4. The first-order chi connectivity index (χ1) is 9.00. The SMILES string of the molecule is FC(F)(F)c1ccccc1Oc1ccc(CCl)cc1. The van der Waals surface area contributed by atoms with Crippen LogP contribution in [0.3, 0.4) is 0 Å². The van der Waals surface area contributed by atoms with Crippen molar-refractivity contribution in [1.29, 1.82) is 0 Å². The molecule has 0 heterocycles. The van der Waals surface area contributed by atoms with E-state index in [1.54, 1.807) is 24.3 Å². The van der Waals surface area contributed by atoms with Crippen LogP contribution in [0.15, 0.2) is 48.5 Å². The van der Waals surface area contributed by atoms with Crippen molar-refractivity contribution >= 4 is 11.6 Å². The van der Waals surface area contributed by atoms with E-state index in [9.17, 15) is 13.2 Å². The Morgan fingerprint density at radius 3 is 2.16 bits per heavy atom. The van der Waals surface area contributed by atoms with E-state index in [0.717, 1.165) is 11.6 Å². The van der Waals surface area contributed by atoms with Crippen LogP contribution in [0.25, 0.3) is 0 Å². The van der Waals surface area contributed by atoms with Gasteiger partial charge in [-0.3, -0.25) is 0 Å². The average Bonchev–Trinajstić information content (AvgIpc) is 2.39. The van der Waals surface area contributed by atoms with Gasteiger partial charge in [-0.25, -0.2) is 0 Å². The molecule has 0 saturated carbocycles. The minimum Gasteiger partial charge on any atom is -0.457 e. The summed E-state index contributed by atoms with van der Waals surface area (Å²) in [7, 11) is 0. The molecular formula is C14H10ClF3O. The zero-order valence-electron chi connectivity index (χ0n) is 9.75. The predicted molar refractivity (Wildman–Crippen MR) is 67.5 cm³/mol. The number of benzene rings is 2. The van der Waals surface area contributed by atoms with E-state index >= 15 is 0 Å². The molecule has 2 rings (SSSR count). The molecule has 0 fully saturated rings. The van der Waals surface area contributed by atoms with Crippen LogP contribution in [0.1, 0.15) is 11.1 Å². The molecule has 19 heavy (non-hydrogen) atoms. The van der Waals surface area contributed by atoms with Gasteiger partial charge >= 0.3 is 6.18 Å². The molecule has 1 nitrogen and oxygen atoms in total. The van der Waals surface area contributed by atoms with Gasteiger partial charge in [0.1, 0.15) is 11.5 Å². The third-order valence-electron chi connectivity index (χ3n) is 2.50. The molecule has 0 spiro atoms. The molecule has 0 saturated heterocycles. The molecule has 0 unspecified atom stereocenters. The molecule has 0 bridgehead atoms. The highest BCUT2D eigenvalue weighted by Crippen LogP contribution is 2.37. The van der Waals surface area contributed by atoms with Gasteiger partial charge in [-0.05, 0) is 29.8 Å². The summed E-state index contributed by atoms with van der Waals surface area (Å²) in [6.07, 6.45) is -4.44. The molecule has 2 aromatic rings. The minimum absolute atomic E-state index is 0.214. The largest absolute Gasteiger partial charge is 0.457 e. The average molecular weight is 287 g/mol. The highest BCUT2D eigenvalue weighted by molar-refractivity contribution is 6.17. The quantitative estimate of drug-likeness (QED) is 0.701. The summed E-state index contributed by atoms with van der Waals surface area (Å²) in [6, 6.07) is 11.7. The number of hydrogen-bond acceptors (Lipinski definition) is 1. The molecule has 2 aromatic carbocycles. The number of hydrogen-bond donors (Lipinski definition) is 0. The van der Waals surface area contributed by atoms with E-state index in [1.165, 1.54) is 18.2 Å². The number of ether oxygens (including phenoxy) is 1. The second kappa shape index (κ2) is 5.53. The molecule has 0 radical (unpaired) electrons. The highest BCUT2D eigenvalue weighted by atomic mass is 35.5. The van der Waals surface area contributed by atoms with Crippen molar-refractivity contribution in [1.82, 2.24) is 0 Å². The van der Waals surface area contributed by atoms with Crippen LogP contribution < -0.4 is 4.74 Å². The maximum absolute atomic E-state index is 12.8. The summed E-state index contributed by atoms with van der Waals surface area (Å²) in [4.78, 5) is 0.